The zero-order chi connectivity index (χ0) is 16.9. The van der Waals surface area contributed by atoms with E-state index in [1.165, 1.54) is 38.5 Å². The van der Waals surface area contributed by atoms with E-state index in [9.17, 15) is 4.79 Å². The summed E-state index contributed by atoms with van der Waals surface area (Å²) in [7, 11) is 0. The Labute approximate surface area is 145 Å². The minimum Gasteiger partial charge on any atom is -0.481 e. The molecule has 4 aliphatic carbocycles. The van der Waals surface area contributed by atoms with E-state index in [4.69, 9.17) is 4.74 Å². The first-order valence-corrected chi connectivity index (χ1v) is 9.48. The van der Waals surface area contributed by atoms with Gasteiger partial charge in [0.15, 0.2) is 6.10 Å². The van der Waals surface area contributed by atoms with Crippen LogP contribution < -0.4 is 10.1 Å². The molecular formula is C21H29NO2. The van der Waals surface area contributed by atoms with Crippen LogP contribution in [0, 0.1) is 31.6 Å². The monoisotopic (exact) mass is 327 g/mol. The second kappa shape index (κ2) is 5.79. The van der Waals surface area contributed by atoms with Crippen LogP contribution in [0.25, 0.3) is 0 Å². The molecule has 4 saturated carbocycles. The fourth-order valence-corrected chi connectivity index (χ4v) is 5.70. The lowest BCUT2D eigenvalue weighted by Crippen LogP contribution is -2.61. The number of nitrogens with one attached hydrogen (secondary N) is 1. The molecule has 0 radical (unpaired) electrons. The van der Waals surface area contributed by atoms with Crippen LogP contribution in [0.2, 0.25) is 0 Å². The van der Waals surface area contributed by atoms with Crippen LogP contribution in [0.4, 0.5) is 0 Å². The van der Waals surface area contributed by atoms with Crippen molar-refractivity contribution in [2.75, 3.05) is 0 Å². The molecule has 0 unspecified atom stereocenters. The summed E-state index contributed by atoms with van der Waals surface area (Å²) >= 11 is 0. The standard InChI is InChI=1S/C21H29NO2/c1-13-4-5-14(2)19(6-13)24-15(3)20(23)22-21-10-16-7-17(11-21)9-18(8-16)12-21/h4-6,15-18H,7-12H2,1-3H3,(H,22,23)/t15-,16?,17?,18?,21?/m0/s1. The molecule has 0 spiro atoms. The lowest BCUT2D eigenvalue weighted by molar-refractivity contribution is -0.133. The van der Waals surface area contributed by atoms with Gasteiger partial charge in [-0.15, -0.1) is 0 Å². The van der Waals surface area contributed by atoms with Gasteiger partial charge in [-0.3, -0.25) is 4.79 Å². The van der Waals surface area contributed by atoms with Crippen molar-refractivity contribution in [3.05, 3.63) is 29.3 Å². The van der Waals surface area contributed by atoms with Gasteiger partial charge in [-0.2, -0.15) is 0 Å². The van der Waals surface area contributed by atoms with E-state index < -0.39 is 6.10 Å². The topological polar surface area (TPSA) is 38.3 Å². The Morgan fingerprint density at radius 2 is 1.71 bits per heavy atom. The number of benzene rings is 1. The van der Waals surface area contributed by atoms with Crippen LogP contribution in [0.15, 0.2) is 18.2 Å². The maximum absolute atomic E-state index is 12.8. The normalized spacial score (nSPS) is 34.9. The summed E-state index contributed by atoms with van der Waals surface area (Å²) in [6.07, 6.45) is 7.28. The quantitative estimate of drug-likeness (QED) is 0.902. The molecule has 0 aliphatic heterocycles. The smallest absolute Gasteiger partial charge is 0.261 e. The second-order valence-electron chi connectivity index (χ2n) is 8.72. The molecule has 24 heavy (non-hydrogen) atoms. The van der Waals surface area contributed by atoms with Gasteiger partial charge in [0.25, 0.3) is 5.91 Å². The number of aryl methyl sites for hydroxylation is 2. The Bertz CT molecular complexity index is 616. The lowest BCUT2D eigenvalue weighted by atomic mass is 9.53. The molecule has 1 aromatic carbocycles. The van der Waals surface area contributed by atoms with E-state index in [1.807, 2.05) is 32.9 Å². The molecule has 130 valence electrons. The average molecular weight is 327 g/mol. The molecule has 4 bridgehead atoms. The number of ether oxygens (including phenoxy) is 1. The zero-order valence-electron chi connectivity index (χ0n) is 15.1. The molecule has 3 heteroatoms. The van der Waals surface area contributed by atoms with Crippen molar-refractivity contribution in [3.8, 4) is 5.75 Å². The van der Waals surface area contributed by atoms with E-state index in [1.54, 1.807) is 0 Å². The Balaban J connectivity index is 1.43. The number of hydrogen-bond acceptors (Lipinski definition) is 2. The highest BCUT2D eigenvalue weighted by Crippen LogP contribution is 2.55. The minimum atomic E-state index is -0.446. The number of carbonyl (C=O) groups is 1. The van der Waals surface area contributed by atoms with E-state index in [0.717, 1.165) is 34.6 Å². The molecule has 1 atom stereocenters. The highest BCUT2D eigenvalue weighted by atomic mass is 16.5. The molecule has 1 N–H and O–H groups in total. The van der Waals surface area contributed by atoms with Crippen molar-refractivity contribution in [2.24, 2.45) is 17.8 Å². The molecular weight excluding hydrogens is 298 g/mol. The van der Waals surface area contributed by atoms with Crippen molar-refractivity contribution >= 4 is 5.91 Å². The van der Waals surface area contributed by atoms with Crippen molar-refractivity contribution in [3.63, 3.8) is 0 Å². The summed E-state index contributed by atoms with van der Waals surface area (Å²) in [6.45, 7) is 5.95. The van der Waals surface area contributed by atoms with E-state index in [0.29, 0.717) is 0 Å². The summed E-state index contributed by atoms with van der Waals surface area (Å²) < 4.78 is 5.99. The van der Waals surface area contributed by atoms with Gasteiger partial charge >= 0.3 is 0 Å². The van der Waals surface area contributed by atoms with Gasteiger partial charge in [0, 0.05) is 5.54 Å². The van der Waals surface area contributed by atoms with Crippen LogP contribution in [0.3, 0.4) is 0 Å². The minimum absolute atomic E-state index is 0.0536. The lowest BCUT2D eigenvalue weighted by Gasteiger charge is -2.57. The molecule has 4 aliphatic rings. The van der Waals surface area contributed by atoms with E-state index >= 15 is 0 Å². The second-order valence-corrected chi connectivity index (χ2v) is 8.72. The van der Waals surface area contributed by atoms with Crippen molar-refractivity contribution in [1.29, 1.82) is 0 Å². The molecule has 4 fully saturated rings. The molecule has 0 saturated heterocycles. The first kappa shape index (κ1) is 16.0. The van der Waals surface area contributed by atoms with Gasteiger partial charge < -0.3 is 10.1 Å². The highest BCUT2D eigenvalue weighted by molar-refractivity contribution is 5.81. The fourth-order valence-electron chi connectivity index (χ4n) is 5.70. The predicted octanol–water partition coefficient (Wildman–Crippen LogP) is 4.16. The average Bonchev–Trinajstić information content (AvgIpc) is 2.49. The third kappa shape index (κ3) is 2.94. The summed E-state index contributed by atoms with van der Waals surface area (Å²) in [6, 6.07) is 6.14. The Hall–Kier alpha value is -1.51. The fraction of sp³-hybridized carbons (Fsp3) is 0.667. The third-order valence-electron chi connectivity index (χ3n) is 6.44. The van der Waals surface area contributed by atoms with Gasteiger partial charge in [-0.1, -0.05) is 12.1 Å². The molecule has 3 nitrogen and oxygen atoms in total. The van der Waals surface area contributed by atoms with Gasteiger partial charge in [0.1, 0.15) is 5.75 Å². The van der Waals surface area contributed by atoms with Gasteiger partial charge in [-0.25, -0.2) is 0 Å². The van der Waals surface area contributed by atoms with Crippen LogP contribution in [0.5, 0.6) is 5.75 Å². The van der Waals surface area contributed by atoms with Crippen molar-refractivity contribution in [1.82, 2.24) is 5.32 Å². The maximum Gasteiger partial charge on any atom is 0.261 e. The molecule has 0 heterocycles. The van der Waals surface area contributed by atoms with Crippen LogP contribution in [0.1, 0.15) is 56.6 Å². The predicted molar refractivity (Wildman–Crippen MR) is 95.1 cm³/mol. The summed E-state index contributed by atoms with van der Waals surface area (Å²) in [5.74, 6) is 3.39. The maximum atomic E-state index is 12.8. The van der Waals surface area contributed by atoms with Crippen LogP contribution >= 0.6 is 0 Å². The highest BCUT2D eigenvalue weighted by Gasteiger charge is 2.51. The summed E-state index contributed by atoms with van der Waals surface area (Å²) in [4.78, 5) is 12.8. The largest absolute Gasteiger partial charge is 0.481 e. The van der Waals surface area contributed by atoms with Gasteiger partial charge in [-0.05, 0) is 94.2 Å². The van der Waals surface area contributed by atoms with Crippen molar-refractivity contribution in [2.45, 2.75) is 70.9 Å². The number of carbonyl (C=O) groups excluding carboxylic acids is 1. The molecule has 1 amide bonds. The van der Waals surface area contributed by atoms with Crippen LogP contribution in [-0.4, -0.2) is 17.6 Å². The summed E-state index contributed by atoms with van der Waals surface area (Å²) in [5, 5.41) is 3.41. The third-order valence-corrected chi connectivity index (χ3v) is 6.44. The first-order chi connectivity index (χ1) is 11.4. The number of rotatable bonds is 4. The molecule has 0 aromatic heterocycles. The van der Waals surface area contributed by atoms with Crippen LogP contribution in [-0.2, 0) is 4.79 Å². The Morgan fingerprint density at radius 3 is 2.29 bits per heavy atom. The Kier molecular flexibility index (Phi) is 3.85. The first-order valence-electron chi connectivity index (χ1n) is 9.48. The molecule has 1 aromatic rings. The molecule has 5 rings (SSSR count). The summed E-state index contributed by atoms with van der Waals surface area (Å²) in [5.41, 5.74) is 2.30. The number of amides is 1. The zero-order valence-corrected chi connectivity index (χ0v) is 15.1. The van der Waals surface area contributed by atoms with Crippen molar-refractivity contribution < 1.29 is 9.53 Å². The number of hydrogen-bond donors (Lipinski definition) is 1. The van der Waals surface area contributed by atoms with Gasteiger partial charge in [0.05, 0.1) is 0 Å². The Morgan fingerprint density at radius 1 is 1.12 bits per heavy atom. The van der Waals surface area contributed by atoms with E-state index in [-0.39, 0.29) is 11.4 Å². The SMILES string of the molecule is Cc1ccc(C)c(O[C@@H](C)C(=O)NC23CC4CC(CC(C4)C2)C3)c1. The van der Waals surface area contributed by atoms with E-state index in [2.05, 4.69) is 11.4 Å². The van der Waals surface area contributed by atoms with Gasteiger partial charge in [0.2, 0.25) is 0 Å².